The number of rotatable bonds is 6. The normalized spacial score (nSPS) is 12.4. The first-order chi connectivity index (χ1) is 10.5. The standard InChI is InChI=1S/C16H20N2O4/c1-10(2)6-12-7-11(8-15(20)17-12)16(21)18-13(9-19)14-4-3-5-22-14/h3-5,7-8,10,13,19H,6,9H2,1-2H3,(H,17,20)(H,18,21). The van der Waals surface area contributed by atoms with Crippen molar-refractivity contribution < 1.29 is 14.3 Å². The minimum atomic E-state index is -0.643. The number of furan rings is 1. The van der Waals surface area contributed by atoms with Crippen LogP contribution in [0.25, 0.3) is 0 Å². The maximum Gasteiger partial charge on any atom is 0.252 e. The van der Waals surface area contributed by atoms with Crippen LogP contribution in [0.4, 0.5) is 0 Å². The number of hydrogen-bond acceptors (Lipinski definition) is 4. The second kappa shape index (κ2) is 7.09. The molecule has 2 aromatic heterocycles. The van der Waals surface area contributed by atoms with Crippen LogP contribution in [0.3, 0.4) is 0 Å². The summed E-state index contributed by atoms with van der Waals surface area (Å²) >= 11 is 0. The van der Waals surface area contributed by atoms with E-state index in [9.17, 15) is 14.7 Å². The molecule has 1 unspecified atom stereocenters. The molecular formula is C16H20N2O4. The lowest BCUT2D eigenvalue weighted by Gasteiger charge is -2.14. The fourth-order valence-electron chi connectivity index (χ4n) is 2.22. The summed E-state index contributed by atoms with van der Waals surface area (Å²) in [5, 5.41) is 12.0. The van der Waals surface area contributed by atoms with Gasteiger partial charge in [0, 0.05) is 17.3 Å². The highest BCUT2D eigenvalue weighted by molar-refractivity contribution is 5.94. The summed E-state index contributed by atoms with van der Waals surface area (Å²) in [6, 6.07) is 5.61. The molecule has 0 aliphatic carbocycles. The molecular weight excluding hydrogens is 284 g/mol. The van der Waals surface area contributed by atoms with Crippen molar-refractivity contribution in [2.75, 3.05) is 6.61 Å². The van der Waals surface area contributed by atoms with Crippen molar-refractivity contribution in [3.05, 3.63) is 57.9 Å². The molecule has 22 heavy (non-hydrogen) atoms. The van der Waals surface area contributed by atoms with Crippen molar-refractivity contribution >= 4 is 5.91 Å². The lowest BCUT2D eigenvalue weighted by atomic mass is 10.1. The molecule has 2 heterocycles. The summed E-state index contributed by atoms with van der Waals surface area (Å²) in [5.41, 5.74) is 0.664. The first-order valence-electron chi connectivity index (χ1n) is 7.18. The number of carbonyl (C=O) groups is 1. The molecule has 0 radical (unpaired) electrons. The van der Waals surface area contributed by atoms with E-state index in [0.29, 0.717) is 23.8 Å². The Morgan fingerprint density at radius 3 is 2.77 bits per heavy atom. The van der Waals surface area contributed by atoms with Crippen LogP contribution in [0, 0.1) is 5.92 Å². The van der Waals surface area contributed by atoms with Gasteiger partial charge >= 0.3 is 0 Å². The van der Waals surface area contributed by atoms with Crippen LogP contribution in [0.2, 0.25) is 0 Å². The van der Waals surface area contributed by atoms with Gasteiger partial charge in [-0.3, -0.25) is 9.59 Å². The Labute approximate surface area is 128 Å². The number of pyridine rings is 1. The molecule has 0 aliphatic heterocycles. The highest BCUT2D eigenvalue weighted by Crippen LogP contribution is 2.14. The molecule has 0 saturated carbocycles. The number of aromatic amines is 1. The van der Waals surface area contributed by atoms with Gasteiger partial charge < -0.3 is 19.8 Å². The van der Waals surface area contributed by atoms with Gasteiger partial charge in [0.25, 0.3) is 5.91 Å². The number of carbonyl (C=O) groups excluding carboxylic acids is 1. The molecule has 0 aliphatic rings. The zero-order valence-electron chi connectivity index (χ0n) is 12.6. The predicted octanol–water partition coefficient (Wildman–Crippen LogP) is 1.63. The quantitative estimate of drug-likeness (QED) is 0.756. The van der Waals surface area contributed by atoms with Gasteiger partial charge in [-0.1, -0.05) is 13.8 Å². The molecule has 118 valence electrons. The Hall–Kier alpha value is -2.34. The monoisotopic (exact) mass is 304 g/mol. The van der Waals surface area contributed by atoms with Crippen LogP contribution in [-0.2, 0) is 6.42 Å². The van der Waals surface area contributed by atoms with Crippen molar-refractivity contribution in [2.24, 2.45) is 5.92 Å². The highest BCUT2D eigenvalue weighted by Gasteiger charge is 2.18. The van der Waals surface area contributed by atoms with E-state index < -0.39 is 11.9 Å². The Balaban J connectivity index is 2.18. The largest absolute Gasteiger partial charge is 0.467 e. The van der Waals surface area contributed by atoms with E-state index in [1.54, 1.807) is 18.2 Å². The SMILES string of the molecule is CC(C)Cc1cc(C(=O)NC(CO)c2ccco2)cc(=O)[nH]1. The third kappa shape index (κ3) is 4.08. The molecule has 2 aromatic rings. The highest BCUT2D eigenvalue weighted by atomic mass is 16.3. The third-order valence-electron chi connectivity index (χ3n) is 3.16. The molecule has 0 bridgehead atoms. The predicted molar refractivity (Wildman–Crippen MR) is 81.6 cm³/mol. The third-order valence-corrected chi connectivity index (χ3v) is 3.16. The lowest BCUT2D eigenvalue weighted by Crippen LogP contribution is -2.31. The average Bonchev–Trinajstić information content (AvgIpc) is 2.97. The Morgan fingerprint density at radius 2 is 2.18 bits per heavy atom. The second-order valence-electron chi connectivity index (χ2n) is 5.58. The van der Waals surface area contributed by atoms with E-state index >= 15 is 0 Å². The average molecular weight is 304 g/mol. The first kappa shape index (κ1) is 16.0. The van der Waals surface area contributed by atoms with Gasteiger partial charge in [0.05, 0.1) is 12.9 Å². The van der Waals surface area contributed by atoms with Gasteiger partial charge in [0.2, 0.25) is 5.56 Å². The van der Waals surface area contributed by atoms with E-state index in [4.69, 9.17) is 4.42 Å². The van der Waals surface area contributed by atoms with Crippen molar-refractivity contribution in [2.45, 2.75) is 26.3 Å². The number of hydrogen-bond donors (Lipinski definition) is 3. The first-order valence-corrected chi connectivity index (χ1v) is 7.18. The summed E-state index contributed by atoms with van der Waals surface area (Å²) in [6.07, 6.45) is 2.15. The summed E-state index contributed by atoms with van der Waals surface area (Å²) in [4.78, 5) is 26.7. The van der Waals surface area contributed by atoms with Crippen molar-refractivity contribution in [3.63, 3.8) is 0 Å². The molecule has 0 saturated heterocycles. The Bertz CT molecular complexity index is 674. The number of nitrogens with one attached hydrogen (secondary N) is 2. The van der Waals surface area contributed by atoms with Gasteiger partial charge in [-0.25, -0.2) is 0 Å². The molecule has 0 spiro atoms. The summed E-state index contributed by atoms with van der Waals surface area (Å²) in [7, 11) is 0. The van der Waals surface area contributed by atoms with Crippen LogP contribution in [0.5, 0.6) is 0 Å². The zero-order valence-corrected chi connectivity index (χ0v) is 12.6. The van der Waals surface area contributed by atoms with Crippen LogP contribution >= 0.6 is 0 Å². The van der Waals surface area contributed by atoms with Gasteiger partial charge in [-0.2, -0.15) is 0 Å². The molecule has 0 aromatic carbocycles. The molecule has 3 N–H and O–H groups in total. The van der Waals surface area contributed by atoms with Gasteiger partial charge in [-0.05, 0) is 30.5 Å². The van der Waals surface area contributed by atoms with E-state index in [1.807, 2.05) is 13.8 Å². The maximum absolute atomic E-state index is 12.3. The van der Waals surface area contributed by atoms with E-state index in [2.05, 4.69) is 10.3 Å². The molecule has 2 rings (SSSR count). The number of aromatic nitrogens is 1. The Kier molecular flexibility index (Phi) is 5.16. The van der Waals surface area contributed by atoms with Crippen LogP contribution in [0.1, 0.15) is 41.7 Å². The molecule has 0 fully saturated rings. The minimum absolute atomic E-state index is 0.268. The fraction of sp³-hybridized carbons (Fsp3) is 0.375. The van der Waals surface area contributed by atoms with E-state index in [-0.39, 0.29) is 17.7 Å². The van der Waals surface area contributed by atoms with Gasteiger partial charge in [-0.15, -0.1) is 0 Å². The number of aliphatic hydroxyl groups is 1. The summed E-state index contributed by atoms with van der Waals surface area (Å²) in [5.74, 6) is 0.400. The van der Waals surface area contributed by atoms with Crippen molar-refractivity contribution in [1.82, 2.24) is 10.3 Å². The topological polar surface area (TPSA) is 95.3 Å². The molecule has 6 heteroatoms. The van der Waals surface area contributed by atoms with Crippen LogP contribution in [0.15, 0.2) is 39.7 Å². The van der Waals surface area contributed by atoms with E-state index in [0.717, 1.165) is 0 Å². The van der Waals surface area contributed by atoms with Crippen molar-refractivity contribution in [3.8, 4) is 0 Å². The van der Waals surface area contributed by atoms with Crippen LogP contribution < -0.4 is 10.9 Å². The van der Waals surface area contributed by atoms with Gasteiger partial charge in [0.1, 0.15) is 11.8 Å². The molecule has 1 atom stereocenters. The smallest absolute Gasteiger partial charge is 0.252 e. The summed E-state index contributed by atoms with van der Waals surface area (Å²) in [6.45, 7) is 3.77. The number of amides is 1. The lowest BCUT2D eigenvalue weighted by molar-refractivity contribution is 0.0907. The number of aliphatic hydroxyl groups excluding tert-OH is 1. The fourth-order valence-corrected chi connectivity index (χ4v) is 2.22. The van der Waals surface area contributed by atoms with Crippen molar-refractivity contribution in [1.29, 1.82) is 0 Å². The Morgan fingerprint density at radius 1 is 1.41 bits per heavy atom. The second-order valence-corrected chi connectivity index (χ2v) is 5.58. The van der Waals surface area contributed by atoms with Crippen LogP contribution in [-0.4, -0.2) is 22.6 Å². The molecule has 1 amide bonds. The van der Waals surface area contributed by atoms with E-state index in [1.165, 1.54) is 12.3 Å². The zero-order chi connectivity index (χ0) is 16.1. The van der Waals surface area contributed by atoms with Gasteiger partial charge in [0.15, 0.2) is 0 Å². The molecule has 6 nitrogen and oxygen atoms in total. The maximum atomic E-state index is 12.3. The minimum Gasteiger partial charge on any atom is -0.467 e. The number of H-pyrrole nitrogens is 1. The summed E-state index contributed by atoms with van der Waals surface area (Å²) < 4.78 is 5.18.